The number of hydrogen-bond donors (Lipinski definition) is 2. The Morgan fingerprint density at radius 2 is 2.04 bits per heavy atom. The molecule has 0 aromatic heterocycles. The number of carbonyl (C=O) groups is 1. The number of halogens is 2. The molecule has 2 N–H and O–H groups in total. The number of nitrogens with zero attached hydrogens (tertiary/aromatic N) is 4. The van der Waals surface area contributed by atoms with E-state index in [-0.39, 0.29) is 5.69 Å². The van der Waals surface area contributed by atoms with Crippen LogP contribution in [0.5, 0.6) is 0 Å². The topological polar surface area (TPSA) is 145 Å². The summed E-state index contributed by atoms with van der Waals surface area (Å²) < 4.78 is 52.7. The molecule has 1 aromatic carbocycles. The lowest BCUT2D eigenvalue weighted by atomic mass is 9.92. The molecular formula is C14H15F2N5O4S. The van der Waals surface area contributed by atoms with Crippen LogP contribution in [0.2, 0.25) is 0 Å². The van der Waals surface area contributed by atoms with Gasteiger partial charge in [0, 0.05) is 16.2 Å². The number of hydrogen-bond acceptors (Lipinski definition) is 5. The highest BCUT2D eigenvalue weighted by Gasteiger charge is 2.58. The second kappa shape index (κ2) is 6.22. The van der Waals surface area contributed by atoms with E-state index in [9.17, 15) is 17.6 Å². The molecule has 140 valence electrons. The monoisotopic (exact) mass is 387 g/mol. The number of azide groups is 1. The van der Waals surface area contributed by atoms with Crippen molar-refractivity contribution in [3.8, 4) is 0 Å². The summed E-state index contributed by atoms with van der Waals surface area (Å²) in [4.78, 5) is 17.4. The van der Waals surface area contributed by atoms with Crippen molar-refractivity contribution in [2.45, 2.75) is 36.6 Å². The van der Waals surface area contributed by atoms with Crippen LogP contribution >= 0.6 is 0 Å². The van der Waals surface area contributed by atoms with Gasteiger partial charge in [0.25, 0.3) is 0 Å². The van der Waals surface area contributed by atoms with Crippen LogP contribution in [0.3, 0.4) is 0 Å². The van der Waals surface area contributed by atoms with Crippen molar-refractivity contribution in [1.29, 1.82) is 0 Å². The van der Waals surface area contributed by atoms with E-state index >= 15 is 4.39 Å². The van der Waals surface area contributed by atoms with Gasteiger partial charge in [-0.3, -0.25) is 10.3 Å². The third-order valence-electron chi connectivity index (χ3n) is 4.22. The summed E-state index contributed by atoms with van der Waals surface area (Å²) in [6.07, 6.45) is -1.60. The molecule has 9 nitrogen and oxygen atoms in total. The van der Waals surface area contributed by atoms with Gasteiger partial charge in [0.15, 0.2) is 9.84 Å². The van der Waals surface area contributed by atoms with Crippen molar-refractivity contribution < 1.29 is 27.1 Å². The summed E-state index contributed by atoms with van der Waals surface area (Å²) in [7, 11) is -4.63. The first-order valence-corrected chi connectivity index (χ1v) is 8.75. The van der Waals surface area contributed by atoms with Gasteiger partial charge in [-0.25, -0.2) is 22.0 Å². The molecule has 0 radical (unpaired) electrons. The van der Waals surface area contributed by atoms with Gasteiger partial charge < -0.3 is 5.11 Å². The summed E-state index contributed by atoms with van der Waals surface area (Å²) in [6, 6.07) is 2.97. The van der Waals surface area contributed by atoms with Gasteiger partial charge in [0.1, 0.15) is 21.9 Å². The third kappa shape index (κ3) is 2.86. The van der Waals surface area contributed by atoms with Crippen molar-refractivity contribution in [3.05, 3.63) is 40.0 Å². The van der Waals surface area contributed by atoms with E-state index in [1.165, 1.54) is 0 Å². The molecule has 0 saturated heterocycles. The normalized spacial score (nSPS) is 26.3. The molecule has 0 bridgehead atoms. The van der Waals surface area contributed by atoms with Crippen LogP contribution in [0.4, 0.5) is 19.3 Å². The number of amides is 1. The predicted octanol–water partition coefficient (Wildman–Crippen LogP) is 3.15. The van der Waals surface area contributed by atoms with Crippen LogP contribution in [-0.2, 0) is 15.4 Å². The molecule has 26 heavy (non-hydrogen) atoms. The van der Waals surface area contributed by atoms with Gasteiger partial charge in [-0.1, -0.05) is 5.11 Å². The Kier molecular flexibility index (Phi) is 4.69. The lowest BCUT2D eigenvalue weighted by Crippen LogP contribution is -2.60. The van der Waals surface area contributed by atoms with Crippen molar-refractivity contribution in [2.24, 2.45) is 10.1 Å². The molecule has 0 fully saturated rings. The SMILES string of the molecule is CC1(C)C(NC(=O)O)=N[C@](C)(c2cc(N=[N+]=[N-])ccc2F)[C@@H](F)S1(=O)=O. The first-order chi connectivity index (χ1) is 11.9. The van der Waals surface area contributed by atoms with Crippen molar-refractivity contribution in [2.75, 3.05) is 0 Å². The minimum atomic E-state index is -4.63. The number of aliphatic imine (C=N–C) groups is 1. The first kappa shape index (κ1) is 19.6. The lowest BCUT2D eigenvalue weighted by molar-refractivity contribution is 0.199. The van der Waals surface area contributed by atoms with Crippen LogP contribution in [0.25, 0.3) is 10.4 Å². The molecule has 12 heteroatoms. The largest absolute Gasteiger partial charge is 0.465 e. The Labute approximate surface area is 147 Å². The van der Waals surface area contributed by atoms with Gasteiger partial charge in [0.2, 0.25) is 5.50 Å². The van der Waals surface area contributed by atoms with Crippen LogP contribution < -0.4 is 5.32 Å². The number of benzene rings is 1. The maximum atomic E-state index is 15.1. The van der Waals surface area contributed by atoms with Crippen molar-refractivity contribution in [3.63, 3.8) is 0 Å². The van der Waals surface area contributed by atoms with Gasteiger partial charge in [0.05, 0.1) is 0 Å². The zero-order valence-corrected chi connectivity index (χ0v) is 14.8. The van der Waals surface area contributed by atoms with Gasteiger partial charge >= 0.3 is 6.09 Å². The molecule has 1 amide bonds. The highest BCUT2D eigenvalue weighted by Crippen LogP contribution is 2.44. The molecule has 1 heterocycles. The van der Waals surface area contributed by atoms with Gasteiger partial charge in [-0.15, -0.1) is 0 Å². The smallest absolute Gasteiger partial charge is 0.410 e. The van der Waals surface area contributed by atoms with Gasteiger partial charge in [-0.05, 0) is 44.5 Å². The second-order valence-electron chi connectivity index (χ2n) is 6.26. The molecule has 1 aliphatic heterocycles. The molecule has 0 saturated carbocycles. The first-order valence-electron chi connectivity index (χ1n) is 7.21. The van der Waals surface area contributed by atoms with Crippen LogP contribution in [0, 0.1) is 5.82 Å². The highest BCUT2D eigenvalue weighted by molar-refractivity contribution is 7.94. The summed E-state index contributed by atoms with van der Waals surface area (Å²) in [5.74, 6) is -1.53. The lowest BCUT2D eigenvalue weighted by Gasteiger charge is -2.41. The fourth-order valence-electron chi connectivity index (χ4n) is 2.59. The maximum absolute atomic E-state index is 15.1. The number of amidine groups is 1. The Hall–Kier alpha value is -2.72. The van der Waals surface area contributed by atoms with Crippen molar-refractivity contribution >= 4 is 27.5 Å². The summed E-state index contributed by atoms with van der Waals surface area (Å²) in [5.41, 5.74) is 2.96. The standard InChI is InChI=1S/C14H15F2N5O4S/c1-13(2)11(18-12(22)23)19-14(3,10(16)26(13,24)25)8-6-7(20-21-17)4-5-9(8)15/h4-6,10H,1-3H3,(H,18,19)(H,22,23)/t10-,14+/m0/s1. The molecule has 0 unspecified atom stereocenters. The summed E-state index contributed by atoms with van der Waals surface area (Å²) >= 11 is 0. The van der Waals surface area contributed by atoms with E-state index < -0.39 is 48.9 Å². The highest BCUT2D eigenvalue weighted by atomic mass is 32.2. The van der Waals surface area contributed by atoms with E-state index in [1.54, 1.807) is 0 Å². The van der Waals surface area contributed by atoms with Crippen LogP contribution in [0.1, 0.15) is 26.3 Å². The molecule has 2 atom stereocenters. The fraction of sp³-hybridized carbons (Fsp3) is 0.429. The average Bonchev–Trinajstić information content (AvgIpc) is 2.53. The zero-order chi connectivity index (χ0) is 19.9. The zero-order valence-electron chi connectivity index (χ0n) is 13.9. The average molecular weight is 387 g/mol. The van der Waals surface area contributed by atoms with Crippen LogP contribution in [0.15, 0.2) is 28.3 Å². The maximum Gasteiger partial charge on any atom is 0.410 e. The summed E-state index contributed by atoms with van der Waals surface area (Å²) in [5, 5.41) is 14.1. The Balaban J connectivity index is 2.83. The number of alkyl halides is 1. The van der Waals surface area contributed by atoms with Crippen LogP contribution in [-0.4, -0.2) is 35.7 Å². The molecule has 0 aliphatic carbocycles. The minimum absolute atomic E-state index is 0.0810. The molecule has 2 rings (SSSR count). The Morgan fingerprint density at radius 3 is 2.58 bits per heavy atom. The molecule has 1 aliphatic rings. The molecule has 1 aromatic rings. The van der Waals surface area contributed by atoms with Crippen molar-refractivity contribution in [1.82, 2.24) is 5.32 Å². The third-order valence-corrected chi connectivity index (χ3v) is 6.84. The number of nitrogens with one attached hydrogen (secondary N) is 1. The second-order valence-corrected chi connectivity index (χ2v) is 8.79. The quantitative estimate of drug-likeness (QED) is 0.456. The Morgan fingerprint density at radius 1 is 1.42 bits per heavy atom. The predicted molar refractivity (Wildman–Crippen MR) is 89.0 cm³/mol. The van der Waals surface area contributed by atoms with E-state index in [2.05, 4.69) is 15.0 Å². The number of rotatable bonds is 2. The fourth-order valence-corrected chi connectivity index (χ4v) is 4.26. The van der Waals surface area contributed by atoms with E-state index in [1.807, 2.05) is 5.32 Å². The van der Waals surface area contributed by atoms with E-state index in [0.717, 1.165) is 39.0 Å². The molecule has 0 spiro atoms. The number of sulfone groups is 1. The van der Waals surface area contributed by atoms with E-state index in [0.29, 0.717) is 0 Å². The summed E-state index contributed by atoms with van der Waals surface area (Å²) in [6.45, 7) is 3.21. The molecular weight excluding hydrogens is 372 g/mol. The minimum Gasteiger partial charge on any atom is -0.465 e. The van der Waals surface area contributed by atoms with E-state index in [4.69, 9.17) is 10.6 Å². The number of carboxylic acid groups (broad SMARTS) is 1. The Bertz CT molecular complexity index is 956. The van der Waals surface area contributed by atoms with Gasteiger partial charge in [-0.2, -0.15) is 0 Å².